The number of nitrogens with zero attached hydrogens (tertiary/aromatic N) is 2. The molecule has 128 valence electrons. The maximum Gasteiger partial charge on any atom is 0.498 e. The van der Waals surface area contributed by atoms with Crippen LogP contribution in [-0.2, 0) is 15.7 Å². The first-order chi connectivity index (χ1) is 11.3. The highest BCUT2D eigenvalue weighted by atomic mass is 16.7. The van der Waals surface area contributed by atoms with Crippen LogP contribution in [-0.4, -0.2) is 28.1 Å². The van der Waals surface area contributed by atoms with Crippen molar-refractivity contribution in [2.24, 2.45) is 0 Å². The number of hydrogen-bond donors (Lipinski definition) is 0. The highest BCUT2D eigenvalue weighted by Gasteiger charge is 2.52. The van der Waals surface area contributed by atoms with E-state index in [0.29, 0.717) is 0 Å². The Morgan fingerprint density at radius 3 is 2.25 bits per heavy atom. The van der Waals surface area contributed by atoms with Crippen LogP contribution < -0.4 is 5.46 Å². The van der Waals surface area contributed by atoms with Crippen LogP contribution in [0.25, 0.3) is 5.69 Å². The fourth-order valence-electron chi connectivity index (χ4n) is 2.84. The molecule has 1 aromatic carbocycles. The van der Waals surface area contributed by atoms with Crippen LogP contribution in [0.15, 0.2) is 36.5 Å². The van der Waals surface area contributed by atoms with Crippen LogP contribution in [0.5, 0.6) is 0 Å². The van der Waals surface area contributed by atoms with Gasteiger partial charge in [0, 0.05) is 11.7 Å². The van der Waals surface area contributed by atoms with Crippen LogP contribution in [0.2, 0.25) is 0 Å². The lowest BCUT2D eigenvalue weighted by Gasteiger charge is -2.32. The third-order valence-electron chi connectivity index (χ3n) is 5.12. The molecule has 0 N–H and O–H groups in total. The van der Waals surface area contributed by atoms with E-state index >= 15 is 0 Å². The maximum atomic E-state index is 6.24. The average Bonchev–Trinajstić information content (AvgIpc) is 3.05. The van der Waals surface area contributed by atoms with Crippen molar-refractivity contribution in [3.05, 3.63) is 42.2 Å². The lowest BCUT2D eigenvalue weighted by molar-refractivity contribution is 0.00578. The molecule has 1 aromatic heterocycles. The van der Waals surface area contributed by atoms with Gasteiger partial charge < -0.3 is 9.31 Å². The smallest absolute Gasteiger partial charge is 0.399 e. The summed E-state index contributed by atoms with van der Waals surface area (Å²) in [5.74, 6) is 0. The number of benzene rings is 1. The number of aromatic nitrogens is 2. The standard InChI is InChI=1S/C19H27BN2O2/c1-6-7-13-17-16(20-23-18(2,3)19(4,5)24-20)14-22(21-17)15-11-9-8-10-12-15/h8-12,14H,6-7,13H2,1-5H3. The molecule has 0 unspecified atom stereocenters. The minimum Gasteiger partial charge on any atom is -0.399 e. The van der Waals surface area contributed by atoms with Crippen molar-refractivity contribution >= 4 is 12.6 Å². The molecule has 5 heteroatoms. The first-order valence-corrected chi connectivity index (χ1v) is 8.83. The first kappa shape index (κ1) is 17.2. The van der Waals surface area contributed by atoms with E-state index < -0.39 is 0 Å². The highest BCUT2D eigenvalue weighted by Crippen LogP contribution is 2.36. The van der Waals surface area contributed by atoms with Gasteiger partial charge in [0.05, 0.1) is 22.6 Å². The quantitative estimate of drug-likeness (QED) is 0.789. The summed E-state index contributed by atoms with van der Waals surface area (Å²) in [7, 11) is -0.362. The summed E-state index contributed by atoms with van der Waals surface area (Å²) in [5.41, 5.74) is 2.49. The van der Waals surface area contributed by atoms with Gasteiger partial charge in [-0.1, -0.05) is 31.5 Å². The molecule has 4 nitrogen and oxygen atoms in total. The number of hydrogen-bond acceptors (Lipinski definition) is 3. The molecule has 0 saturated carbocycles. The fraction of sp³-hybridized carbons (Fsp3) is 0.526. The van der Waals surface area contributed by atoms with Gasteiger partial charge in [-0.25, -0.2) is 4.68 Å². The third kappa shape index (κ3) is 3.15. The minimum absolute atomic E-state index is 0.339. The van der Waals surface area contributed by atoms with Crippen molar-refractivity contribution in [3.63, 3.8) is 0 Å². The molecular weight excluding hydrogens is 299 g/mol. The van der Waals surface area contributed by atoms with Gasteiger partial charge in [-0.15, -0.1) is 0 Å². The van der Waals surface area contributed by atoms with E-state index in [9.17, 15) is 0 Å². The van der Waals surface area contributed by atoms with Crippen LogP contribution in [0.3, 0.4) is 0 Å². The second-order valence-corrected chi connectivity index (χ2v) is 7.50. The molecule has 0 atom stereocenters. The molecule has 1 aliphatic rings. The van der Waals surface area contributed by atoms with Crippen molar-refractivity contribution in [2.45, 2.75) is 65.1 Å². The van der Waals surface area contributed by atoms with Crippen molar-refractivity contribution in [2.75, 3.05) is 0 Å². The predicted octanol–water partition coefficient (Wildman–Crippen LogP) is 3.51. The first-order valence-electron chi connectivity index (χ1n) is 8.83. The van der Waals surface area contributed by atoms with Gasteiger partial charge in [0.1, 0.15) is 0 Å². The molecule has 24 heavy (non-hydrogen) atoms. The zero-order chi connectivity index (χ0) is 17.4. The Labute approximate surface area is 145 Å². The normalized spacial score (nSPS) is 19.0. The van der Waals surface area contributed by atoms with Gasteiger partial charge in [0.25, 0.3) is 0 Å². The SMILES string of the molecule is CCCCc1nn(-c2ccccc2)cc1B1OC(C)(C)C(C)(C)O1. The monoisotopic (exact) mass is 326 g/mol. The minimum atomic E-state index is -0.362. The molecule has 1 saturated heterocycles. The molecule has 1 aliphatic heterocycles. The Kier molecular flexibility index (Phi) is 4.58. The summed E-state index contributed by atoms with van der Waals surface area (Å²) in [5, 5.41) is 4.81. The number of para-hydroxylation sites is 1. The molecule has 3 rings (SSSR count). The van der Waals surface area contributed by atoms with E-state index in [4.69, 9.17) is 14.4 Å². The third-order valence-corrected chi connectivity index (χ3v) is 5.12. The molecule has 0 aliphatic carbocycles. The summed E-state index contributed by atoms with van der Waals surface area (Å²) in [6, 6.07) is 10.2. The average molecular weight is 326 g/mol. The molecular formula is C19H27BN2O2. The molecule has 0 radical (unpaired) electrons. The number of rotatable bonds is 5. The van der Waals surface area contributed by atoms with E-state index in [1.54, 1.807) is 0 Å². The molecule has 2 aromatic rings. The van der Waals surface area contributed by atoms with Gasteiger partial charge in [-0.2, -0.15) is 5.10 Å². The fourth-order valence-corrected chi connectivity index (χ4v) is 2.84. The van der Waals surface area contributed by atoms with Crippen molar-refractivity contribution in [1.29, 1.82) is 0 Å². The van der Waals surface area contributed by atoms with Gasteiger partial charge in [0.15, 0.2) is 0 Å². The van der Waals surface area contributed by atoms with Crippen LogP contribution in [0, 0.1) is 0 Å². The Morgan fingerprint density at radius 2 is 1.67 bits per heavy atom. The number of aryl methyl sites for hydroxylation is 1. The predicted molar refractivity (Wildman–Crippen MR) is 97.9 cm³/mol. The van der Waals surface area contributed by atoms with Gasteiger partial charge in [0.2, 0.25) is 0 Å². The molecule has 1 fully saturated rings. The number of unbranched alkanes of at least 4 members (excludes halogenated alkanes) is 1. The van der Waals surface area contributed by atoms with Gasteiger partial charge in [-0.05, 0) is 52.7 Å². The zero-order valence-corrected chi connectivity index (χ0v) is 15.4. The Morgan fingerprint density at radius 1 is 1.04 bits per heavy atom. The van der Waals surface area contributed by atoms with Gasteiger partial charge >= 0.3 is 7.12 Å². The molecule has 2 heterocycles. The Balaban J connectivity index is 1.96. The zero-order valence-electron chi connectivity index (χ0n) is 15.4. The van der Waals surface area contributed by atoms with E-state index in [1.165, 1.54) is 0 Å². The Bertz CT molecular complexity index is 679. The van der Waals surface area contributed by atoms with Gasteiger partial charge in [-0.3, -0.25) is 0 Å². The summed E-state index contributed by atoms with van der Waals surface area (Å²) in [6.45, 7) is 10.5. The van der Waals surface area contributed by atoms with E-state index in [1.807, 2.05) is 22.9 Å². The highest BCUT2D eigenvalue weighted by molar-refractivity contribution is 6.62. The lowest BCUT2D eigenvalue weighted by Crippen LogP contribution is -2.41. The lowest BCUT2D eigenvalue weighted by atomic mass is 9.78. The van der Waals surface area contributed by atoms with Crippen molar-refractivity contribution in [3.8, 4) is 5.69 Å². The molecule has 0 bridgehead atoms. The van der Waals surface area contributed by atoms with E-state index in [2.05, 4.69) is 52.9 Å². The van der Waals surface area contributed by atoms with Crippen LogP contribution in [0.1, 0.15) is 53.2 Å². The maximum absolute atomic E-state index is 6.24. The van der Waals surface area contributed by atoms with Crippen LogP contribution >= 0.6 is 0 Å². The largest absolute Gasteiger partial charge is 0.498 e. The second-order valence-electron chi connectivity index (χ2n) is 7.50. The molecule has 0 amide bonds. The van der Waals surface area contributed by atoms with Crippen LogP contribution in [0.4, 0.5) is 0 Å². The van der Waals surface area contributed by atoms with E-state index in [0.717, 1.165) is 36.1 Å². The van der Waals surface area contributed by atoms with E-state index in [-0.39, 0.29) is 18.3 Å². The topological polar surface area (TPSA) is 36.3 Å². The summed E-state index contributed by atoms with van der Waals surface area (Å²) in [6.07, 6.45) is 5.25. The summed E-state index contributed by atoms with van der Waals surface area (Å²) < 4.78 is 14.4. The second kappa shape index (κ2) is 6.38. The summed E-state index contributed by atoms with van der Waals surface area (Å²) >= 11 is 0. The summed E-state index contributed by atoms with van der Waals surface area (Å²) in [4.78, 5) is 0. The Hall–Kier alpha value is -1.59. The van der Waals surface area contributed by atoms with Crippen molar-refractivity contribution in [1.82, 2.24) is 9.78 Å². The molecule has 0 spiro atoms. The van der Waals surface area contributed by atoms with Crippen molar-refractivity contribution < 1.29 is 9.31 Å².